The van der Waals surface area contributed by atoms with Gasteiger partial charge in [-0.15, -0.1) is 0 Å². The van der Waals surface area contributed by atoms with E-state index in [1.54, 1.807) is 0 Å². The minimum Gasteiger partial charge on any atom is -0.462 e. The number of ether oxygens (including phenoxy) is 2. The Bertz CT molecular complexity index is 836. The summed E-state index contributed by atoms with van der Waals surface area (Å²) in [6.07, 6.45) is 6.47. The summed E-state index contributed by atoms with van der Waals surface area (Å²) in [4.78, 5) is 23.1. The molecule has 4 nitrogen and oxygen atoms in total. The van der Waals surface area contributed by atoms with Crippen molar-refractivity contribution < 1.29 is 19.1 Å². The van der Waals surface area contributed by atoms with E-state index >= 15 is 0 Å². The zero-order valence-corrected chi connectivity index (χ0v) is 19.7. The summed E-state index contributed by atoms with van der Waals surface area (Å²) in [5.74, 6) is 1.83. The lowest BCUT2D eigenvalue weighted by Crippen LogP contribution is -2.45. The van der Waals surface area contributed by atoms with Crippen molar-refractivity contribution in [2.45, 2.75) is 71.3 Å². The first-order chi connectivity index (χ1) is 13.2. The fourth-order valence-electron chi connectivity index (χ4n) is 6.21. The average molecular weight is 514 g/mol. The van der Waals surface area contributed by atoms with Crippen LogP contribution in [-0.2, 0) is 20.7 Å². The molecule has 3 aliphatic rings. The molecule has 1 aromatic rings. The van der Waals surface area contributed by atoms with Crippen LogP contribution >= 0.6 is 31.9 Å². The molecule has 6 heteroatoms. The normalized spacial score (nSPS) is 33.5. The van der Waals surface area contributed by atoms with E-state index in [9.17, 15) is 9.59 Å². The van der Waals surface area contributed by atoms with Crippen LogP contribution in [0.25, 0.3) is 0 Å². The van der Waals surface area contributed by atoms with E-state index in [0.717, 1.165) is 47.5 Å². The summed E-state index contributed by atoms with van der Waals surface area (Å²) in [5.41, 5.74) is 2.75. The molecule has 0 radical (unpaired) electrons. The zero-order chi connectivity index (χ0) is 20.2. The minimum atomic E-state index is -0.314. The number of rotatable bonds is 2. The number of carbonyl (C=O) groups excluding carboxylic acids is 2. The van der Waals surface area contributed by atoms with Gasteiger partial charge in [0.1, 0.15) is 6.10 Å². The van der Waals surface area contributed by atoms with Crippen LogP contribution < -0.4 is 4.74 Å². The van der Waals surface area contributed by atoms with Crippen LogP contribution in [-0.4, -0.2) is 18.0 Å². The molecule has 4 rings (SSSR count). The van der Waals surface area contributed by atoms with Gasteiger partial charge < -0.3 is 9.47 Å². The van der Waals surface area contributed by atoms with Gasteiger partial charge in [-0.1, -0.05) is 6.92 Å². The van der Waals surface area contributed by atoms with Crippen molar-refractivity contribution in [1.29, 1.82) is 0 Å². The van der Waals surface area contributed by atoms with E-state index in [0.29, 0.717) is 23.5 Å². The molecule has 2 saturated carbocycles. The Hall–Kier alpha value is -0.880. The molecule has 0 N–H and O–H groups in total. The lowest BCUT2D eigenvalue weighted by molar-refractivity contribution is -0.154. The second-order valence-electron chi connectivity index (χ2n) is 8.80. The van der Waals surface area contributed by atoms with Gasteiger partial charge in [0, 0.05) is 19.3 Å². The van der Waals surface area contributed by atoms with Crippen LogP contribution in [0.4, 0.5) is 0 Å². The number of carbonyl (C=O) groups is 2. The van der Waals surface area contributed by atoms with Crippen LogP contribution in [0, 0.1) is 17.3 Å². The van der Waals surface area contributed by atoms with Crippen LogP contribution in [0.1, 0.15) is 69.9 Å². The van der Waals surface area contributed by atoms with Crippen molar-refractivity contribution >= 4 is 43.8 Å². The fourth-order valence-corrected chi connectivity index (χ4v) is 7.73. The van der Waals surface area contributed by atoms with Crippen molar-refractivity contribution in [2.75, 3.05) is 0 Å². The fraction of sp³-hybridized carbons (Fsp3) is 0.636. The number of esters is 2. The summed E-state index contributed by atoms with van der Waals surface area (Å²) in [6, 6.07) is 2.16. The molecule has 0 aromatic heterocycles. The lowest BCUT2D eigenvalue weighted by atomic mass is 9.55. The van der Waals surface area contributed by atoms with Crippen molar-refractivity contribution in [3.63, 3.8) is 0 Å². The third-order valence-electron chi connectivity index (χ3n) is 7.34. The maximum Gasteiger partial charge on any atom is 0.308 e. The first kappa shape index (κ1) is 20.4. The Morgan fingerprint density at radius 3 is 2.54 bits per heavy atom. The third-order valence-corrected chi connectivity index (χ3v) is 8.77. The van der Waals surface area contributed by atoms with Crippen LogP contribution in [0.2, 0.25) is 0 Å². The van der Waals surface area contributed by atoms with Crippen molar-refractivity contribution in [3.05, 3.63) is 26.1 Å². The van der Waals surface area contributed by atoms with Crippen molar-refractivity contribution in [1.82, 2.24) is 0 Å². The van der Waals surface area contributed by atoms with Crippen LogP contribution in [0.15, 0.2) is 15.0 Å². The predicted octanol–water partition coefficient (Wildman–Crippen LogP) is 5.92. The molecule has 0 bridgehead atoms. The maximum atomic E-state index is 11.6. The van der Waals surface area contributed by atoms with E-state index in [4.69, 9.17) is 9.47 Å². The van der Waals surface area contributed by atoms with Gasteiger partial charge in [0.15, 0.2) is 5.75 Å². The summed E-state index contributed by atoms with van der Waals surface area (Å²) in [5, 5.41) is 0. The third kappa shape index (κ3) is 3.24. The van der Waals surface area contributed by atoms with Gasteiger partial charge in [-0.05, 0) is 105 Å². The standard InChI is InChI=1S/C22H26Br2O4/c1-11(25)27-19-7-6-17-14-4-5-15-16(13(14)8-9-22(17,19)3)10-18(23)21(20(15)24)28-12(2)26/h10,13-14,17,19H,4-9H2,1-3H3/t13-,14-,17-,19-,22-/m0/s1. The molecule has 5 atom stereocenters. The average Bonchev–Trinajstić information content (AvgIpc) is 2.94. The molecule has 2 fully saturated rings. The largest absolute Gasteiger partial charge is 0.462 e. The van der Waals surface area contributed by atoms with Gasteiger partial charge in [0.2, 0.25) is 0 Å². The van der Waals surface area contributed by atoms with E-state index in [2.05, 4.69) is 44.8 Å². The number of hydrogen-bond acceptors (Lipinski definition) is 4. The second-order valence-corrected chi connectivity index (χ2v) is 10.4. The van der Waals surface area contributed by atoms with Gasteiger partial charge in [-0.2, -0.15) is 0 Å². The second kappa shape index (κ2) is 7.42. The predicted molar refractivity (Wildman–Crippen MR) is 113 cm³/mol. The summed E-state index contributed by atoms with van der Waals surface area (Å²) in [6.45, 7) is 5.28. The highest BCUT2D eigenvalue weighted by Crippen LogP contribution is 2.62. The SMILES string of the molecule is CC(=O)Oc1c(Br)cc2c(c1Br)CC[C@H]1[C@@H]2CC[C@]2(C)[C@@H](OC(C)=O)CC[C@@H]12. The monoisotopic (exact) mass is 512 g/mol. The van der Waals surface area contributed by atoms with E-state index < -0.39 is 0 Å². The van der Waals surface area contributed by atoms with Gasteiger partial charge in [-0.25, -0.2) is 0 Å². The number of benzene rings is 1. The molecule has 0 spiro atoms. The molecule has 0 aliphatic heterocycles. The Balaban J connectivity index is 1.66. The number of halogens is 2. The topological polar surface area (TPSA) is 52.6 Å². The molecule has 3 aliphatic carbocycles. The van der Waals surface area contributed by atoms with Crippen molar-refractivity contribution in [2.24, 2.45) is 17.3 Å². The van der Waals surface area contributed by atoms with Gasteiger partial charge in [0.25, 0.3) is 0 Å². The maximum absolute atomic E-state index is 11.6. The zero-order valence-electron chi connectivity index (χ0n) is 16.5. The number of hydrogen-bond donors (Lipinski definition) is 0. The smallest absolute Gasteiger partial charge is 0.308 e. The molecule has 0 heterocycles. The quantitative estimate of drug-likeness (QED) is 0.363. The molecule has 152 valence electrons. The molecule has 28 heavy (non-hydrogen) atoms. The Morgan fingerprint density at radius 1 is 1.11 bits per heavy atom. The molecular formula is C22H26Br2O4. The van der Waals surface area contributed by atoms with Gasteiger partial charge >= 0.3 is 11.9 Å². The molecule has 1 aromatic carbocycles. The highest BCUT2D eigenvalue weighted by Gasteiger charge is 2.56. The molecular weight excluding hydrogens is 488 g/mol. The summed E-state index contributed by atoms with van der Waals surface area (Å²) < 4.78 is 12.9. The molecule has 0 unspecified atom stereocenters. The highest BCUT2D eigenvalue weighted by atomic mass is 79.9. The Labute approximate surface area is 183 Å². The molecule has 0 saturated heterocycles. The first-order valence-electron chi connectivity index (χ1n) is 10.1. The summed E-state index contributed by atoms with van der Waals surface area (Å²) in [7, 11) is 0. The van der Waals surface area contributed by atoms with Gasteiger partial charge in [-0.3, -0.25) is 9.59 Å². The Morgan fingerprint density at radius 2 is 1.86 bits per heavy atom. The van der Waals surface area contributed by atoms with Gasteiger partial charge in [0.05, 0.1) is 8.95 Å². The molecule has 0 amide bonds. The summed E-state index contributed by atoms with van der Waals surface area (Å²) >= 11 is 7.31. The van der Waals surface area contributed by atoms with Crippen molar-refractivity contribution in [3.8, 4) is 5.75 Å². The lowest BCUT2D eigenvalue weighted by Gasteiger charge is -2.50. The minimum absolute atomic E-state index is 0.0576. The van der Waals surface area contributed by atoms with Crippen LogP contribution in [0.5, 0.6) is 5.75 Å². The van der Waals surface area contributed by atoms with Crippen LogP contribution in [0.3, 0.4) is 0 Å². The number of fused-ring (bicyclic) bond motifs is 5. The van der Waals surface area contributed by atoms with E-state index in [1.165, 1.54) is 25.0 Å². The first-order valence-corrected chi connectivity index (χ1v) is 11.7. The van der Waals surface area contributed by atoms with E-state index in [-0.39, 0.29) is 23.5 Å². The Kier molecular flexibility index (Phi) is 5.41. The van der Waals surface area contributed by atoms with E-state index in [1.807, 2.05) is 0 Å². The highest BCUT2D eigenvalue weighted by molar-refractivity contribution is 9.11.